The van der Waals surface area contributed by atoms with Gasteiger partial charge in [-0.2, -0.15) is 0 Å². The fourth-order valence-electron chi connectivity index (χ4n) is 2.89. The van der Waals surface area contributed by atoms with Crippen molar-refractivity contribution in [1.82, 2.24) is 9.97 Å². The van der Waals surface area contributed by atoms with E-state index in [-0.39, 0.29) is 20.6 Å². The number of nitrogens with one attached hydrogen (secondary N) is 1. The van der Waals surface area contributed by atoms with Crippen LogP contribution in [0.2, 0.25) is 0 Å². The Hall–Kier alpha value is -2.66. The molecule has 6 nitrogen and oxygen atoms in total. The van der Waals surface area contributed by atoms with Crippen LogP contribution in [0.3, 0.4) is 0 Å². The largest absolute Gasteiger partial charge is 0.481 e. The van der Waals surface area contributed by atoms with Crippen LogP contribution in [-0.2, 0) is 26.2 Å². The number of carbonyl (C=O) groups excluding carboxylic acids is 1. The minimum Gasteiger partial charge on any atom is -0.481 e. The summed E-state index contributed by atoms with van der Waals surface area (Å²) < 4.78 is 41.2. The van der Waals surface area contributed by atoms with Gasteiger partial charge in [0.2, 0.25) is 4.90 Å². The van der Waals surface area contributed by atoms with E-state index in [0.717, 1.165) is 11.3 Å². The fraction of sp³-hybridized carbons (Fsp3) is 0.176. The van der Waals surface area contributed by atoms with Crippen LogP contribution in [0.15, 0.2) is 29.4 Å². The molecule has 2 aromatic heterocycles. The van der Waals surface area contributed by atoms with E-state index < -0.39 is 52.3 Å². The van der Waals surface area contributed by atoms with Gasteiger partial charge in [-0.25, -0.2) is 22.9 Å². The van der Waals surface area contributed by atoms with E-state index in [9.17, 15) is 22.8 Å². The van der Waals surface area contributed by atoms with E-state index in [0.29, 0.717) is 16.6 Å². The number of aliphatic carboxylic acids is 1. The smallest absolute Gasteiger partial charge is 0.359 e. The number of benzene rings is 1. The van der Waals surface area contributed by atoms with Crippen LogP contribution in [0.25, 0.3) is 10.2 Å². The second-order valence-corrected chi connectivity index (χ2v) is 8.96. The first kappa shape index (κ1) is 18.7. The predicted molar refractivity (Wildman–Crippen MR) is 97.7 cm³/mol. The van der Waals surface area contributed by atoms with Gasteiger partial charge in [-0.05, 0) is 6.07 Å². The molecule has 3 heterocycles. The lowest BCUT2D eigenvalue weighted by molar-refractivity contribution is -0.138. The van der Waals surface area contributed by atoms with Crippen LogP contribution in [0.1, 0.15) is 11.4 Å². The molecule has 28 heavy (non-hydrogen) atoms. The van der Waals surface area contributed by atoms with E-state index >= 15 is 0 Å². The van der Waals surface area contributed by atoms with Crippen molar-refractivity contribution in [3.63, 3.8) is 0 Å². The highest BCUT2D eigenvalue weighted by atomic mass is 32.2. The molecule has 2 atom stereocenters. The number of nitrogens with zero attached hydrogens (tertiary/aromatic N) is 2. The summed E-state index contributed by atoms with van der Waals surface area (Å²) in [7, 11) is -1.13. The molecule has 1 aliphatic rings. The summed E-state index contributed by atoms with van der Waals surface area (Å²) in [6, 6.07) is 1.15. The van der Waals surface area contributed by atoms with Gasteiger partial charge in [-0.3, -0.25) is 9.78 Å². The molecule has 0 fully saturated rings. The van der Waals surface area contributed by atoms with Crippen molar-refractivity contribution in [2.24, 2.45) is 0 Å². The Kier molecular flexibility index (Phi) is 4.71. The minimum absolute atomic E-state index is 0.0230. The van der Waals surface area contributed by atoms with E-state index in [1.807, 2.05) is 0 Å². The summed E-state index contributed by atoms with van der Waals surface area (Å²) in [6.07, 6.45) is 2.60. The molecule has 0 aliphatic carbocycles. The van der Waals surface area contributed by atoms with Crippen molar-refractivity contribution < 1.29 is 27.9 Å². The molecular weight excluding hydrogens is 415 g/mol. The van der Waals surface area contributed by atoms with Gasteiger partial charge < -0.3 is 10.4 Å². The molecule has 0 radical (unpaired) electrons. The number of aromatic nitrogens is 2. The maximum atomic E-state index is 14.0. The summed E-state index contributed by atoms with van der Waals surface area (Å²) in [5.74, 6) is -4.62. The number of hydrogen-bond donors (Lipinski definition) is 2. The Bertz CT molecular complexity index is 1120. The topological polar surface area (TPSA) is 92.2 Å². The lowest BCUT2D eigenvalue weighted by Gasteiger charge is -2.22. The Morgan fingerprint density at radius 1 is 1.32 bits per heavy atom. The van der Waals surface area contributed by atoms with Crippen LogP contribution in [0.5, 0.6) is 0 Å². The van der Waals surface area contributed by atoms with Crippen molar-refractivity contribution in [2.45, 2.75) is 23.1 Å². The van der Waals surface area contributed by atoms with Crippen LogP contribution < -0.4 is 5.32 Å². The molecule has 144 valence electrons. The minimum atomic E-state index is -1.33. The number of halogens is 3. The van der Waals surface area contributed by atoms with Gasteiger partial charge in [-0.1, -0.05) is 0 Å². The third-order valence-corrected chi connectivity index (χ3v) is 7.55. The number of fused-ring (bicyclic) bond motifs is 2. The number of thiazole rings is 1. The van der Waals surface area contributed by atoms with E-state index in [2.05, 4.69) is 15.3 Å². The van der Waals surface area contributed by atoms with Crippen LogP contribution in [0, 0.1) is 17.5 Å². The van der Waals surface area contributed by atoms with Gasteiger partial charge >= 0.3 is 11.1 Å². The quantitative estimate of drug-likeness (QED) is 0.492. The molecule has 0 spiro atoms. The van der Waals surface area contributed by atoms with Crippen LogP contribution >= 0.6 is 11.3 Å². The highest BCUT2D eigenvalue weighted by Crippen LogP contribution is 2.36. The Morgan fingerprint density at radius 3 is 2.86 bits per heavy atom. The molecular formula is C17H11F3N3O3S2+. The van der Waals surface area contributed by atoms with Gasteiger partial charge in [0, 0.05) is 12.3 Å². The Balaban J connectivity index is 1.74. The van der Waals surface area contributed by atoms with Crippen molar-refractivity contribution >= 4 is 49.2 Å². The third-order valence-electron chi connectivity index (χ3n) is 4.11. The number of pyridine rings is 1. The number of carboxylic acid groups (broad SMARTS) is 1. The first-order valence-corrected chi connectivity index (χ1v) is 10.2. The maximum absolute atomic E-state index is 14.0. The molecule has 4 rings (SSSR count). The summed E-state index contributed by atoms with van der Waals surface area (Å²) in [5, 5.41) is 11.9. The van der Waals surface area contributed by atoms with E-state index in [1.54, 1.807) is 6.07 Å². The Labute approximate surface area is 162 Å². The standard InChI is InChI=1S/C17H10F3N3O3S2/c18-7-3-8(19)16-15(14(7)20)23-12(27-16)6-28-11-5-21-2-1-9(11)22-10(17(28)26)4-13(24)25/h1-3,5,10H,4,6H2,(H-,21,22,24,25)/p+1. The van der Waals surface area contributed by atoms with Gasteiger partial charge in [-0.15, -0.1) is 11.3 Å². The average Bonchev–Trinajstić information content (AvgIpc) is 3.07. The highest BCUT2D eigenvalue weighted by molar-refractivity contribution is 8.10. The van der Waals surface area contributed by atoms with Crippen molar-refractivity contribution in [2.75, 3.05) is 5.32 Å². The van der Waals surface area contributed by atoms with Crippen molar-refractivity contribution in [3.8, 4) is 0 Å². The van der Waals surface area contributed by atoms with Crippen molar-refractivity contribution in [3.05, 3.63) is 47.0 Å². The van der Waals surface area contributed by atoms with Gasteiger partial charge in [0.15, 0.2) is 17.4 Å². The zero-order chi connectivity index (χ0) is 20.0. The Morgan fingerprint density at radius 2 is 2.11 bits per heavy atom. The second kappa shape index (κ2) is 7.06. The fourth-order valence-corrected chi connectivity index (χ4v) is 6.14. The molecule has 0 amide bonds. The summed E-state index contributed by atoms with van der Waals surface area (Å²) in [6.45, 7) is 0. The maximum Gasteiger partial charge on any atom is 0.359 e. The second-order valence-electron chi connectivity index (χ2n) is 5.96. The molecule has 2 unspecified atom stereocenters. The monoisotopic (exact) mass is 426 g/mol. The lowest BCUT2D eigenvalue weighted by Crippen LogP contribution is -2.41. The third kappa shape index (κ3) is 3.20. The first-order chi connectivity index (χ1) is 13.3. The molecule has 2 N–H and O–H groups in total. The van der Waals surface area contributed by atoms with Crippen LogP contribution in [0.4, 0.5) is 18.9 Å². The number of carboxylic acids is 1. The summed E-state index contributed by atoms with van der Waals surface area (Å²) in [4.78, 5) is 32.5. The molecule has 1 aliphatic heterocycles. The first-order valence-electron chi connectivity index (χ1n) is 7.95. The molecule has 11 heteroatoms. The molecule has 1 aromatic carbocycles. The van der Waals surface area contributed by atoms with E-state index in [1.165, 1.54) is 12.4 Å². The number of hydrogen-bond acceptors (Lipinski definition) is 6. The van der Waals surface area contributed by atoms with Crippen LogP contribution in [-0.4, -0.2) is 32.2 Å². The van der Waals surface area contributed by atoms with E-state index in [4.69, 9.17) is 5.11 Å². The molecule has 3 aromatic rings. The SMILES string of the molecule is O=C(O)CC1Nc2ccncc2[S+](Cc2nc3c(F)c(F)cc(F)c3s2)C1=O. The highest BCUT2D eigenvalue weighted by Gasteiger charge is 2.46. The number of anilines is 1. The van der Waals surface area contributed by atoms with Gasteiger partial charge in [0.1, 0.15) is 33.3 Å². The van der Waals surface area contributed by atoms with Gasteiger partial charge in [0.25, 0.3) is 0 Å². The zero-order valence-corrected chi connectivity index (χ0v) is 15.5. The summed E-state index contributed by atoms with van der Waals surface area (Å²) >= 11 is 0.837. The number of carbonyl (C=O) groups is 2. The molecule has 0 bridgehead atoms. The lowest BCUT2D eigenvalue weighted by atomic mass is 10.2. The zero-order valence-electron chi connectivity index (χ0n) is 13.9. The number of rotatable bonds is 4. The normalized spacial score (nSPS) is 18.8. The predicted octanol–water partition coefficient (Wildman–Crippen LogP) is 3.08. The van der Waals surface area contributed by atoms with Gasteiger partial charge in [0.05, 0.1) is 23.0 Å². The van der Waals surface area contributed by atoms with Crippen molar-refractivity contribution in [1.29, 1.82) is 0 Å². The summed E-state index contributed by atoms with van der Waals surface area (Å²) in [5.41, 5.74) is 0.158. The molecule has 0 saturated carbocycles. The molecule has 0 saturated heterocycles. The average molecular weight is 426 g/mol.